The predicted octanol–water partition coefficient (Wildman–Crippen LogP) is 4.74. The van der Waals surface area contributed by atoms with Gasteiger partial charge < -0.3 is 4.42 Å². The molecule has 0 amide bonds. The van der Waals surface area contributed by atoms with Crippen LogP contribution in [0.1, 0.15) is 0 Å². The van der Waals surface area contributed by atoms with Crippen molar-refractivity contribution in [3.63, 3.8) is 0 Å². The number of hydrogen-bond donors (Lipinski definition) is 0. The third kappa shape index (κ3) is 1.14. The largest absolute Gasteiger partial charge is 0.456 e. The molecule has 0 aliphatic heterocycles. The highest BCUT2D eigenvalue weighted by molar-refractivity contribution is 6.18. The van der Waals surface area contributed by atoms with Gasteiger partial charge in [0.15, 0.2) is 0 Å². The Balaban J connectivity index is 2.38. The molecule has 4 aromatic rings. The Kier molecular flexibility index (Phi) is 1.61. The van der Waals surface area contributed by atoms with Gasteiger partial charge in [0.25, 0.3) is 0 Å². The van der Waals surface area contributed by atoms with Gasteiger partial charge in [-0.3, -0.25) is 0 Å². The molecule has 0 atom stereocenters. The van der Waals surface area contributed by atoms with Crippen LogP contribution >= 0.6 is 0 Å². The molecule has 0 saturated heterocycles. The van der Waals surface area contributed by atoms with Crippen molar-refractivity contribution >= 4 is 32.7 Å². The molecule has 1 heterocycles. The summed E-state index contributed by atoms with van der Waals surface area (Å²) in [4.78, 5) is 0. The highest BCUT2D eigenvalue weighted by Gasteiger charge is 2.08. The Bertz CT molecular complexity index is 834. The van der Waals surface area contributed by atoms with Crippen molar-refractivity contribution < 1.29 is 4.42 Å². The number of benzene rings is 3. The van der Waals surface area contributed by atoms with Crippen LogP contribution in [0.5, 0.6) is 0 Å². The quantitative estimate of drug-likeness (QED) is 0.415. The minimum Gasteiger partial charge on any atom is -0.456 e. The smallest absolute Gasteiger partial charge is 0.136 e. The van der Waals surface area contributed by atoms with E-state index in [1.807, 2.05) is 12.1 Å². The van der Waals surface area contributed by atoms with Crippen LogP contribution in [0.15, 0.2) is 65.1 Å². The van der Waals surface area contributed by atoms with Crippen LogP contribution < -0.4 is 0 Å². The fraction of sp³-hybridized carbons (Fsp3) is 0. The molecular formula is C16H10O. The van der Waals surface area contributed by atoms with E-state index in [2.05, 4.69) is 48.5 Å². The van der Waals surface area contributed by atoms with E-state index in [0.717, 1.165) is 11.2 Å². The monoisotopic (exact) mass is 218 g/mol. The topological polar surface area (TPSA) is 13.1 Å². The third-order valence-corrected chi connectivity index (χ3v) is 3.27. The second-order valence-electron chi connectivity index (χ2n) is 4.26. The second kappa shape index (κ2) is 3.11. The fourth-order valence-corrected chi connectivity index (χ4v) is 2.50. The van der Waals surface area contributed by atoms with Gasteiger partial charge >= 0.3 is 0 Å². The summed E-state index contributed by atoms with van der Waals surface area (Å²) in [5.41, 5.74) is 1.92. The molecule has 17 heavy (non-hydrogen) atoms. The number of para-hydroxylation sites is 1. The molecular weight excluding hydrogens is 208 g/mol. The molecule has 1 aromatic heterocycles. The van der Waals surface area contributed by atoms with Gasteiger partial charge in [0.05, 0.1) is 0 Å². The Morgan fingerprint density at radius 2 is 1.35 bits per heavy atom. The summed E-state index contributed by atoms with van der Waals surface area (Å²) in [7, 11) is 0. The van der Waals surface area contributed by atoms with E-state index in [0.29, 0.717) is 0 Å². The lowest BCUT2D eigenvalue weighted by molar-refractivity contribution is 0.669. The van der Waals surface area contributed by atoms with Crippen LogP contribution in [0.25, 0.3) is 32.7 Å². The SMILES string of the molecule is c1ccc2c(c1)ccc1oc3ccccc3c12. The molecule has 0 fully saturated rings. The van der Waals surface area contributed by atoms with Crippen LogP contribution in [0.3, 0.4) is 0 Å². The Morgan fingerprint density at radius 1 is 0.588 bits per heavy atom. The Labute approximate surface area is 98.3 Å². The summed E-state index contributed by atoms with van der Waals surface area (Å²) in [6, 6.07) is 20.8. The lowest BCUT2D eigenvalue weighted by Crippen LogP contribution is -1.73. The molecule has 0 saturated carbocycles. The average Bonchev–Trinajstić information content (AvgIpc) is 2.77. The van der Waals surface area contributed by atoms with Gasteiger partial charge in [-0.1, -0.05) is 48.5 Å². The Hall–Kier alpha value is -2.28. The van der Waals surface area contributed by atoms with Gasteiger partial charge in [0.2, 0.25) is 0 Å². The van der Waals surface area contributed by atoms with Crippen LogP contribution in [-0.4, -0.2) is 0 Å². The average molecular weight is 218 g/mol. The lowest BCUT2D eigenvalue weighted by atomic mass is 10.0. The summed E-state index contributed by atoms with van der Waals surface area (Å²) >= 11 is 0. The predicted molar refractivity (Wildman–Crippen MR) is 71.2 cm³/mol. The van der Waals surface area contributed by atoms with Gasteiger partial charge in [-0.05, 0) is 22.9 Å². The summed E-state index contributed by atoms with van der Waals surface area (Å²) in [5, 5.41) is 4.93. The van der Waals surface area contributed by atoms with E-state index in [-0.39, 0.29) is 0 Å². The first-order valence-corrected chi connectivity index (χ1v) is 5.72. The molecule has 0 radical (unpaired) electrons. The lowest BCUT2D eigenvalue weighted by Gasteiger charge is -1.98. The van der Waals surface area contributed by atoms with Crippen molar-refractivity contribution in [2.45, 2.75) is 0 Å². The summed E-state index contributed by atoms with van der Waals surface area (Å²) in [5.74, 6) is 0. The zero-order valence-corrected chi connectivity index (χ0v) is 9.18. The molecule has 80 valence electrons. The first-order chi connectivity index (χ1) is 8.43. The molecule has 3 aromatic carbocycles. The summed E-state index contributed by atoms with van der Waals surface area (Å²) < 4.78 is 5.86. The van der Waals surface area contributed by atoms with E-state index in [9.17, 15) is 0 Å². The van der Waals surface area contributed by atoms with Crippen LogP contribution in [0.2, 0.25) is 0 Å². The minimum atomic E-state index is 0.957. The van der Waals surface area contributed by atoms with E-state index < -0.39 is 0 Å². The molecule has 0 aliphatic carbocycles. The van der Waals surface area contributed by atoms with Gasteiger partial charge in [0, 0.05) is 10.8 Å². The van der Waals surface area contributed by atoms with Crippen molar-refractivity contribution in [1.82, 2.24) is 0 Å². The standard InChI is InChI=1S/C16H10O/c1-2-6-12-11(5-1)9-10-15-16(12)13-7-3-4-8-14(13)17-15/h1-10H. The second-order valence-corrected chi connectivity index (χ2v) is 4.26. The van der Waals surface area contributed by atoms with Gasteiger partial charge in [-0.25, -0.2) is 0 Å². The summed E-state index contributed by atoms with van der Waals surface area (Å²) in [6.45, 7) is 0. The highest BCUT2D eigenvalue weighted by Crippen LogP contribution is 2.33. The van der Waals surface area contributed by atoms with Crippen LogP contribution in [-0.2, 0) is 0 Å². The number of furan rings is 1. The molecule has 0 spiro atoms. The number of fused-ring (bicyclic) bond motifs is 5. The van der Waals surface area contributed by atoms with E-state index in [4.69, 9.17) is 4.42 Å². The number of hydrogen-bond acceptors (Lipinski definition) is 1. The van der Waals surface area contributed by atoms with E-state index >= 15 is 0 Å². The zero-order chi connectivity index (χ0) is 11.2. The van der Waals surface area contributed by atoms with Crippen LogP contribution in [0, 0.1) is 0 Å². The summed E-state index contributed by atoms with van der Waals surface area (Å²) in [6.07, 6.45) is 0. The fourth-order valence-electron chi connectivity index (χ4n) is 2.50. The molecule has 4 rings (SSSR count). The molecule has 0 unspecified atom stereocenters. The Morgan fingerprint density at radius 3 is 2.29 bits per heavy atom. The maximum Gasteiger partial charge on any atom is 0.136 e. The van der Waals surface area contributed by atoms with Gasteiger partial charge in [-0.15, -0.1) is 0 Å². The molecule has 1 nitrogen and oxygen atoms in total. The highest BCUT2D eigenvalue weighted by atomic mass is 16.3. The van der Waals surface area contributed by atoms with E-state index in [1.54, 1.807) is 0 Å². The first-order valence-electron chi connectivity index (χ1n) is 5.72. The molecule has 1 heteroatoms. The van der Waals surface area contributed by atoms with Crippen molar-refractivity contribution in [3.8, 4) is 0 Å². The van der Waals surface area contributed by atoms with Gasteiger partial charge in [0.1, 0.15) is 11.2 Å². The van der Waals surface area contributed by atoms with Crippen LogP contribution in [0.4, 0.5) is 0 Å². The van der Waals surface area contributed by atoms with Crippen molar-refractivity contribution in [1.29, 1.82) is 0 Å². The minimum absolute atomic E-state index is 0.957. The van der Waals surface area contributed by atoms with E-state index in [1.165, 1.54) is 21.5 Å². The van der Waals surface area contributed by atoms with Crippen molar-refractivity contribution in [2.24, 2.45) is 0 Å². The maximum atomic E-state index is 5.86. The normalized spacial score (nSPS) is 11.5. The maximum absolute atomic E-state index is 5.86. The van der Waals surface area contributed by atoms with Crippen molar-refractivity contribution in [3.05, 3.63) is 60.7 Å². The van der Waals surface area contributed by atoms with Gasteiger partial charge in [-0.2, -0.15) is 0 Å². The first kappa shape index (κ1) is 8.82. The molecule has 0 aliphatic rings. The third-order valence-electron chi connectivity index (χ3n) is 3.27. The van der Waals surface area contributed by atoms with Crippen molar-refractivity contribution in [2.75, 3.05) is 0 Å². The molecule has 0 bridgehead atoms. The number of rotatable bonds is 0. The zero-order valence-electron chi connectivity index (χ0n) is 9.18. The molecule has 0 N–H and O–H groups in total.